The third-order valence-corrected chi connectivity index (χ3v) is 3.05. The monoisotopic (exact) mass is 281 g/mol. The molecule has 3 rings (SSSR count). The number of rotatable bonds is 4. The van der Waals surface area contributed by atoms with Gasteiger partial charge in [0.15, 0.2) is 5.76 Å². The zero-order valence-electron chi connectivity index (χ0n) is 11.5. The van der Waals surface area contributed by atoms with Gasteiger partial charge in [-0.05, 0) is 24.3 Å². The normalized spacial score (nSPS) is 10.3. The number of oxazole rings is 1. The lowest BCUT2D eigenvalue weighted by molar-refractivity contribution is 0.415. The number of para-hydroxylation sites is 1. The molecule has 21 heavy (non-hydrogen) atoms. The number of nitrogen functional groups attached to an aromatic ring is 1. The molecule has 1 aromatic heterocycles. The summed E-state index contributed by atoms with van der Waals surface area (Å²) >= 11 is 0. The Hall–Kier alpha value is -2.95. The minimum absolute atomic E-state index is 0.404. The lowest BCUT2D eigenvalue weighted by Crippen LogP contribution is -1.91. The van der Waals surface area contributed by atoms with Crippen molar-refractivity contribution in [3.05, 3.63) is 54.7 Å². The molecule has 0 atom stereocenters. The summed E-state index contributed by atoms with van der Waals surface area (Å²) in [5.41, 5.74) is 8.24. The van der Waals surface area contributed by atoms with Gasteiger partial charge in [-0.25, -0.2) is 4.98 Å². The van der Waals surface area contributed by atoms with Crippen molar-refractivity contribution >= 4 is 17.4 Å². The quantitative estimate of drug-likeness (QED) is 0.714. The van der Waals surface area contributed by atoms with E-state index in [1.54, 1.807) is 13.3 Å². The van der Waals surface area contributed by atoms with Crippen molar-refractivity contribution in [3.8, 4) is 17.1 Å². The predicted molar refractivity (Wildman–Crippen MR) is 82.6 cm³/mol. The third kappa shape index (κ3) is 2.81. The summed E-state index contributed by atoms with van der Waals surface area (Å²) in [4.78, 5) is 4.21. The molecule has 106 valence electrons. The Balaban J connectivity index is 1.84. The van der Waals surface area contributed by atoms with Crippen LogP contribution in [0.15, 0.2) is 59.1 Å². The number of nitrogens with two attached hydrogens (primary N) is 1. The smallest absolute Gasteiger partial charge is 0.299 e. The van der Waals surface area contributed by atoms with Gasteiger partial charge >= 0.3 is 0 Å². The molecule has 0 aliphatic heterocycles. The molecule has 3 N–H and O–H groups in total. The second-order valence-corrected chi connectivity index (χ2v) is 4.47. The molecule has 0 saturated carbocycles. The highest BCUT2D eigenvalue weighted by atomic mass is 16.5. The zero-order valence-corrected chi connectivity index (χ0v) is 11.5. The van der Waals surface area contributed by atoms with Gasteiger partial charge < -0.3 is 20.2 Å². The van der Waals surface area contributed by atoms with Gasteiger partial charge in [-0.2, -0.15) is 0 Å². The number of ether oxygens (including phenoxy) is 1. The second kappa shape index (κ2) is 5.58. The molecule has 0 radical (unpaired) electrons. The summed E-state index contributed by atoms with van der Waals surface area (Å²) in [5, 5.41) is 3.09. The van der Waals surface area contributed by atoms with E-state index in [0.29, 0.717) is 17.5 Å². The Morgan fingerprint density at radius 3 is 2.81 bits per heavy atom. The van der Waals surface area contributed by atoms with Gasteiger partial charge in [-0.3, -0.25) is 0 Å². The fourth-order valence-corrected chi connectivity index (χ4v) is 2.00. The lowest BCUT2D eigenvalue weighted by atomic mass is 10.1. The molecular formula is C16H15N3O2. The van der Waals surface area contributed by atoms with E-state index in [1.807, 2.05) is 48.5 Å². The highest BCUT2D eigenvalue weighted by Crippen LogP contribution is 2.29. The van der Waals surface area contributed by atoms with Crippen molar-refractivity contribution in [3.63, 3.8) is 0 Å². The number of anilines is 3. The molecule has 5 nitrogen and oxygen atoms in total. The van der Waals surface area contributed by atoms with Crippen LogP contribution in [0.2, 0.25) is 0 Å². The maximum Gasteiger partial charge on any atom is 0.299 e. The second-order valence-electron chi connectivity index (χ2n) is 4.47. The number of aromatic nitrogens is 1. The van der Waals surface area contributed by atoms with Crippen molar-refractivity contribution in [2.24, 2.45) is 0 Å². The van der Waals surface area contributed by atoms with Gasteiger partial charge in [-0.15, -0.1) is 0 Å². The molecule has 0 fully saturated rings. The van der Waals surface area contributed by atoms with Crippen LogP contribution < -0.4 is 15.8 Å². The number of nitrogens with zero attached hydrogens (tertiary/aromatic N) is 1. The van der Waals surface area contributed by atoms with Crippen LogP contribution >= 0.6 is 0 Å². The standard InChI is InChI=1S/C16H15N3O2/c1-20-12-6-4-5-11(9-12)19-16-18-10-15(21-16)13-7-2-3-8-14(13)17/h2-10H,17H2,1H3,(H,18,19). The molecule has 0 amide bonds. The summed E-state index contributed by atoms with van der Waals surface area (Å²) in [5.74, 6) is 1.39. The molecule has 0 aliphatic carbocycles. The van der Waals surface area contributed by atoms with Crippen molar-refractivity contribution < 1.29 is 9.15 Å². The van der Waals surface area contributed by atoms with Crippen molar-refractivity contribution in [1.29, 1.82) is 0 Å². The van der Waals surface area contributed by atoms with Crippen LogP contribution in [0.3, 0.4) is 0 Å². The highest BCUT2D eigenvalue weighted by Gasteiger charge is 2.09. The van der Waals surface area contributed by atoms with Crippen LogP contribution in [-0.2, 0) is 0 Å². The first-order valence-electron chi connectivity index (χ1n) is 6.48. The Morgan fingerprint density at radius 2 is 2.00 bits per heavy atom. The SMILES string of the molecule is COc1cccc(Nc2ncc(-c3ccccc3N)o2)c1. The number of benzene rings is 2. The Kier molecular flexibility index (Phi) is 3.47. The van der Waals surface area contributed by atoms with Gasteiger partial charge in [0.05, 0.1) is 13.3 Å². The van der Waals surface area contributed by atoms with E-state index in [0.717, 1.165) is 17.0 Å². The Bertz CT molecular complexity index is 753. The van der Waals surface area contributed by atoms with Crippen LogP contribution in [0.1, 0.15) is 0 Å². The van der Waals surface area contributed by atoms with E-state index in [-0.39, 0.29) is 0 Å². The fraction of sp³-hybridized carbons (Fsp3) is 0.0625. The van der Waals surface area contributed by atoms with Gasteiger partial charge in [0.25, 0.3) is 6.01 Å². The maximum atomic E-state index is 5.93. The first-order chi connectivity index (χ1) is 10.3. The average Bonchev–Trinajstić information content (AvgIpc) is 2.96. The van der Waals surface area contributed by atoms with Crippen LogP contribution in [0.5, 0.6) is 5.75 Å². The number of methoxy groups -OCH3 is 1. The van der Waals surface area contributed by atoms with Crippen LogP contribution in [-0.4, -0.2) is 12.1 Å². The van der Waals surface area contributed by atoms with Crippen LogP contribution in [0.4, 0.5) is 17.4 Å². The molecule has 3 aromatic rings. The van der Waals surface area contributed by atoms with E-state index < -0.39 is 0 Å². The number of nitrogens with one attached hydrogen (secondary N) is 1. The van der Waals surface area contributed by atoms with Gasteiger partial charge in [-0.1, -0.05) is 18.2 Å². The van der Waals surface area contributed by atoms with Crippen molar-refractivity contribution in [1.82, 2.24) is 4.98 Å². The number of hydrogen-bond donors (Lipinski definition) is 2. The Labute approximate surface area is 122 Å². The number of hydrogen-bond acceptors (Lipinski definition) is 5. The Morgan fingerprint density at radius 1 is 1.14 bits per heavy atom. The largest absolute Gasteiger partial charge is 0.497 e. The van der Waals surface area contributed by atoms with Gasteiger partial charge in [0.2, 0.25) is 0 Å². The van der Waals surface area contributed by atoms with Crippen LogP contribution in [0, 0.1) is 0 Å². The van der Waals surface area contributed by atoms with E-state index >= 15 is 0 Å². The van der Waals surface area contributed by atoms with Gasteiger partial charge in [0.1, 0.15) is 5.75 Å². The summed E-state index contributed by atoms with van der Waals surface area (Å²) in [6.07, 6.45) is 1.65. The van der Waals surface area contributed by atoms with E-state index in [2.05, 4.69) is 10.3 Å². The molecule has 0 spiro atoms. The van der Waals surface area contributed by atoms with E-state index in [9.17, 15) is 0 Å². The zero-order chi connectivity index (χ0) is 14.7. The average molecular weight is 281 g/mol. The summed E-state index contributed by atoms with van der Waals surface area (Å²) < 4.78 is 10.9. The highest BCUT2D eigenvalue weighted by molar-refractivity contribution is 5.72. The van der Waals surface area contributed by atoms with E-state index in [1.165, 1.54) is 0 Å². The first kappa shape index (κ1) is 13.1. The lowest BCUT2D eigenvalue weighted by Gasteiger charge is -2.04. The van der Waals surface area contributed by atoms with Gasteiger partial charge in [0, 0.05) is 23.0 Å². The molecule has 0 bridgehead atoms. The molecule has 0 unspecified atom stereocenters. The van der Waals surface area contributed by atoms with E-state index in [4.69, 9.17) is 14.9 Å². The summed E-state index contributed by atoms with van der Waals surface area (Å²) in [6, 6.07) is 15.4. The molecule has 2 aromatic carbocycles. The molecule has 1 heterocycles. The molecule has 0 aliphatic rings. The van der Waals surface area contributed by atoms with Crippen LogP contribution in [0.25, 0.3) is 11.3 Å². The first-order valence-corrected chi connectivity index (χ1v) is 6.48. The minimum Gasteiger partial charge on any atom is -0.497 e. The maximum absolute atomic E-state index is 5.93. The molecular weight excluding hydrogens is 266 g/mol. The minimum atomic E-state index is 0.404. The molecule has 5 heteroatoms. The third-order valence-electron chi connectivity index (χ3n) is 3.05. The summed E-state index contributed by atoms with van der Waals surface area (Å²) in [7, 11) is 1.63. The fourth-order valence-electron chi connectivity index (χ4n) is 2.00. The predicted octanol–water partition coefficient (Wildman–Crippen LogP) is 3.68. The molecule has 0 saturated heterocycles. The topological polar surface area (TPSA) is 73.3 Å². The van der Waals surface area contributed by atoms with Crippen molar-refractivity contribution in [2.75, 3.05) is 18.2 Å². The summed E-state index contributed by atoms with van der Waals surface area (Å²) in [6.45, 7) is 0. The van der Waals surface area contributed by atoms with Crippen molar-refractivity contribution in [2.45, 2.75) is 0 Å².